The van der Waals surface area contributed by atoms with E-state index in [0.717, 1.165) is 37.8 Å². The minimum atomic E-state index is -0.703. The van der Waals surface area contributed by atoms with Gasteiger partial charge in [-0.05, 0) is 12.8 Å². The van der Waals surface area contributed by atoms with Crippen LogP contribution in [0.3, 0.4) is 0 Å². The second-order valence-corrected chi connectivity index (χ2v) is 5.82. The maximum absolute atomic E-state index is 11.3. The van der Waals surface area contributed by atoms with Crippen molar-refractivity contribution in [3.8, 4) is 0 Å². The second-order valence-electron chi connectivity index (χ2n) is 5.82. The van der Waals surface area contributed by atoms with E-state index < -0.39 is 23.1 Å². The first-order chi connectivity index (χ1) is 10.5. The lowest BCUT2D eigenvalue weighted by Gasteiger charge is -2.43. The molecule has 0 atom stereocenters. The van der Waals surface area contributed by atoms with Gasteiger partial charge in [0.05, 0.1) is 18.6 Å². The van der Waals surface area contributed by atoms with Gasteiger partial charge in [0.15, 0.2) is 5.79 Å². The Balaban J connectivity index is 1.98. The average Bonchev–Trinajstić information content (AvgIpc) is 3.01. The topological polar surface area (TPSA) is 71.1 Å². The van der Waals surface area contributed by atoms with Gasteiger partial charge in [0.2, 0.25) is 0 Å². The lowest BCUT2D eigenvalue weighted by atomic mass is 9.90. The van der Waals surface area contributed by atoms with E-state index in [9.17, 15) is 9.59 Å². The minimum absolute atomic E-state index is 0.0400. The Bertz CT molecular complexity index is 414. The lowest BCUT2D eigenvalue weighted by Crippen LogP contribution is -2.53. The SMILES string of the molecule is C=CC(=O)OCC1(COC(=O)C=C)COC2(CCCC2)OC1. The van der Waals surface area contributed by atoms with Gasteiger partial charge in [-0.2, -0.15) is 0 Å². The van der Waals surface area contributed by atoms with E-state index in [1.54, 1.807) is 0 Å². The van der Waals surface area contributed by atoms with Crippen molar-refractivity contribution in [3.63, 3.8) is 0 Å². The summed E-state index contributed by atoms with van der Waals surface area (Å²) in [5, 5.41) is 0. The molecular formula is C16H22O6. The summed E-state index contributed by atoms with van der Waals surface area (Å²) < 4.78 is 22.1. The van der Waals surface area contributed by atoms with Gasteiger partial charge < -0.3 is 18.9 Å². The van der Waals surface area contributed by atoms with E-state index in [0.29, 0.717) is 13.2 Å². The highest BCUT2D eigenvalue weighted by molar-refractivity contribution is 5.81. The third-order valence-corrected chi connectivity index (χ3v) is 4.02. The molecule has 0 aromatic heterocycles. The molecule has 1 saturated carbocycles. The van der Waals surface area contributed by atoms with Crippen LogP contribution in [0.5, 0.6) is 0 Å². The van der Waals surface area contributed by atoms with E-state index in [1.165, 1.54) is 0 Å². The summed E-state index contributed by atoms with van der Waals surface area (Å²) in [6, 6.07) is 0. The van der Waals surface area contributed by atoms with Crippen molar-refractivity contribution in [2.75, 3.05) is 26.4 Å². The first kappa shape index (κ1) is 16.7. The largest absolute Gasteiger partial charge is 0.462 e. The Labute approximate surface area is 130 Å². The summed E-state index contributed by atoms with van der Waals surface area (Å²) >= 11 is 0. The van der Waals surface area contributed by atoms with Crippen molar-refractivity contribution in [2.24, 2.45) is 5.41 Å². The molecule has 0 radical (unpaired) electrons. The Morgan fingerprint density at radius 3 is 1.82 bits per heavy atom. The molecule has 0 bridgehead atoms. The van der Waals surface area contributed by atoms with Crippen LogP contribution in [0.2, 0.25) is 0 Å². The van der Waals surface area contributed by atoms with Gasteiger partial charge in [-0.3, -0.25) is 0 Å². The standard InChI is InChI=1S/C16H22O6/c1-3-13(17)19-9-15(10-20-14(18)4-2)11-21-16(22-12-15)7-5-6-8-16/h3-4H,1-2,5-12H2. The van der Waals surface area contributed by atoms with Crippen LogP contribution in [0.1, 0.15) is 25.7 Å². The molecule has 0 N–H and O–H groups in total. The summed E-state index contributed by atoms with van der Waals surface area (Å²) in [6.45, 7) is 7.41. The normalized spacial score (nSPS) is 22.0. The zero-order valence-corrected chi connectivity index (χ0v) is 12.7. The van der Waals surface area contributed by atoms with Gasteiger partial charge in [-0.25, -0.2) is 9.59 Å². The highest BCUT2D eigenvalue weighted by atomic mass is 16.7. The summed E-state index contributed by atoms with van der Waals surface area (Å²) in [6.07, 6.45) is 6.05. The Kier molecular flexibility index (Phi) is 5.37. The molecule has 6 heteroatoms. The first-order valence-electron chi connectivity index (χ1n) is 7.39. The number of hydrogen-bond donors (Lipinski definition) is 0. The number of rotatable bonds is 6. The molecule has 1 spiro atoms. The number of esters is 2. The van der Waals surface area contributed by atoms with Crippen LogP contribution in [-0.4, -0.2) is 44.2 Å². The molecule has 1 saturated heterocycles. The zero-order chi connectivity index (χ0) is 16.1. The molecule has 22 heavy (non-hydrogen) atoms. The molecule has 2 aliphatic rings. The minimum Gasteiger partial charge on any atom is -0.462 e. The first-order valence-corrected chi connectivity index (χ1v) is 7.39. The number of carbonyl (C=O) groups excluding carboxylic acids is 2. The van der Waals surface area contributed by atoms with Crippen molar-refractivity contribution in [1.82, 2.24) is 0 Å². The highest BCUT2D eigenvalue weighted by Crippen LogP contribution is 2.41. The molecule has 0 amide bonds. The van der Waals surface area contributed by atoms with Gasteiger partial charge in [0.25, 0.3) is 0 Å². The van der Waals surface area contributed by atoms with E-state index >= 15 is 0 Å². The predicted molar refractivity (Wildman–Crippen MR) is 77.8 cm³/mol. The average molecular weight is 310 g/mol. The molecule has 2 fully saturated rings. The maximum atomic E-state index is 11.3. The van der Waals surface area contributed by atoms with Crippen LogP contribution in [0.4, 0.5) is 0 Å². The van der Waals surface area contributed by atoms with E-state index in [4.69, 9.17) is 18.9 Å². The Morgan fingerprint density at radius 1 is 0.955 bits per heavy atom. The van der Waals surface area contributed by atoms with Gasteiger partial charge in [-0.15, -0.1) is 0 Å². The molecule has 0 aromatic carbocycles. The molecule has 1 aliphatic heterocycles. The van der Waals surface area contributed by atoms with Crippen molar-refractivity contribution >= 4 is 11.9 Å². The predicted octanol–water partition coefficient (Wildman–Crippen LogP) is 1.75. The molecule has 0 unspecified atom stereocenters. The van der Waals surface area contributed by atoms with Crippen molar-refractivity contribution in [3.05, 3.63) is 25.3 Å². The number of hydrogen-bond acceptors (Lipinski definition) is 6. The van der Waals surface area contributed by atoms with E-state index in [-0.39, 0.29) is 13.2 Å². The molecule has 1 aliphatic carbocycles. The lowest BCUT2D eigenvalue weighted by molar-refractivity contribution is -0.309. The molecular weight excluding hydrogens is 288 g/mol. The fourth-order valence-corrected chi connectivity index (χ4v) is 2.63. The van der Waals surface area contributed by atoms with Crippen LogP contribution in [0, 0.1) is 5.41 Å². The summed E-state index contributed by atoms with van der Waals surface area (Å²) in [5.41, 5.74) is -0.703. The van der Waals surface area contributed by atoms with Gasteiger partial charge in [0, 0.05) is 25.0 Å². The summed E-state index contributed by atoms with van der Waals surface area (Å²) in [4.78, 5) is 22.6. The van der Waals surface area contributed by atoms with Gasteiger partial charge in [-0.1, -0.05) is 13.2 Å². The van der Waals surface area contributed by atoms with E-state index in [2.05, 4.69) is 13.2 Å². The molecule has 0 aromatic rings. The van der Waals surface area contributed by atoms with Crippen molar-refractivity contribution in [1.29, 1.82) is 0 Å². The fraction of sp³-hybridized carbons (Fsp3) is 0.625. The summed E-state index contributed by atoms with van der Waals surface area (Å²) in [7, 11) is 0. The van der Waals surface area contributed by atoms with Crippen molar-refractivity contribution in [2.45, 2.75) is 31.5 Å². The number of carbonyl (C=O) groups is 2. The van der Waals surface area contributed by atoms with Crippen molar-refractivity contribution < 1.29 is 28.5 Å². The fourth-order valence-electron chi connectivity index (χ4n) is 2.63. The third kappa shape index (κ3) is 3.96. The van der Waals surface area contributed by atoms with Gasteiger partial charge >= 0.3 is 11.9 Å². The van der Waals surface area contributed by atoms with Crippen LogP contribution < -0.4 is 0 Å². The van der Waals surface area contributed by atoms with Crippen LogP contribution in [0.15, 0.2) is 25.3 Å². The summed E-state index contributed by atoms with van der Waals surface area (Å²) in [5.74, 6) is -1.58. The smallest absolute Gasteiger partial charge is 0.330 e. The molecule has 2 rings (SSSR count). The maximum Gasteiger partial charge on any atom is 0.330 e. The number of ether oxygens (including phenoxy) is 4. The second kappa shape index (κ2) is 7.07. The Hall–Kier alpha value is -1.66. The zero-order valence-electron chi connectivity index (χ0n) is 12.7. The third-order valence-electron chi connectivity index (χ3n) is 4.02. The highest BCUT2D eigenvalue weighted by Gasteiger charge is 2.47. The van der Waals surface area contributed by atoms with Crippen LogP contribution in [-0.2, 0) is 28.5 Å². The quantitative estimate of drug-likeness (QED) is 0.550. The molecule has 1 heterocycles. The molecule has 122 valence electrons. The van der Waals surface area contributed by atoms with E-state index in [1.807, 2.05) is 0 Å². The Morgan fingerprint density at radius 2 is 1.41 bits per heavy atom. The van der Waals surface area contributed by atoms with Gasteiger partial charge in [0.1, 0.15) is 13.2 Å². The molecule has 6 nitrogen and oxygen atoms in total. The van der Waals surface area contributed by atoms with Crippen LogP contribution >= 0.6 is 0 Å². The monoisotopic (exact) mass is 310 g/mol. The van der Waals surface area contributed by atoms with Crippen LogP contribution in [0.25, 0.3) is 0 Å².